The van der Waals surface area contributed by atoms with Crippen molar-refractivity contribution in [2.24, 2.45) is 11.0 Å². The first-order valence-electron chi connectivity index (χ1n) is 7.16. The van der Waals surface area contributed by atoms with E-state index in [-0.39, 0.29) is 5.91 Å². The number of nitrogens with one attached hydrogen (secondary N) is 2. The topological polar surface area (TPSA) is 57.2 Å². The first kappa shape index (κ1) is 12.1. The summed E-state index contributed by atoms with van der Waals surface area (Å²) in [4.78, 5) is 15.2. The van der Waals surface area contributed by atoms with Gasteiger partial charge in [0.25, 0.3) is 5.91 Å². The van der Waals surface area contributed by atoms with Crippen molar-refractivity contribution in [1.29, 1.82) is 0 Å². The fourth-order valence-electron chi connectivity index (χ4n) is 2.59. The van der Waals surface area contributed by atoms with Gasteiger partial charge in [-0.15, -0.1) is 0 Å². The van der Waals surface area contributed by atoms with Crippen molar-refractivity contribution in [3.05, 3.63) is 53.7 Å². The molecule has 1 aliphatic carbocycles. The Morgan fingerprint density at radius 2 is 1.90 bits per heavy atom. The molecule has 0 unspecified atom stereocenters. The maximum atomic E-state index is 11.9. The van der Waals surface area contributed by atoms with Crippen molar-refractivity contribution in [3.63, 3.8) is 0 Å². The highest BCUT2D eigenvalue weighted by molar-refractivity contribution is 6.28. The minimum absolute atomic E-state index is 0.104. The number of hydrogen-bond donors (Lipinski definition) is 2. The van der Waals surface area contributed by atoms with Crippen molar-refractivity contribution in [3.8, 4) is 11.3 Å². The molecule has 2 aromatic rings. The first-order chi connectivity index (χ1) is 10.3. The highest BCUT2D eigenvalue weighted by Crippen LogP contribution is 2.35. The van der Waals surface area contributed by atoms with Crippen LogP contribution in [0.5, 0.6) is 0 Å². The zero-order valence-electron chi connectivity index (χ0n) is 11.5. The lowest BCUT2D eigenvalue weighted by Gasteiger charge is -1.99. The van der Waals surface area contributed by atoms with Crippen LogP contribution in [0.1, 0.15) is 18.5 Å². The van der Waals surface area contributed by atoms with Crippen LogP contribution in [0.4, 0.5) is 0 Å². The molecule has 0 atom stereocenters. The molecule has 2 heterocycles. The zero-order chi connectivity index (χ0) is 14.2. The Balaban J connectivity index is 1.65. The zero-order valence-corrected chi connectivity index (χ0v) is 11.5. The Morgan fingerprint density at radius 3 is 2.67 bits per heavy atom. The summed E-state index contributed by atoms with van der Waals surface area (Å²) in [6.07, 6.45) is 4.15. The SMILES string of the molecule is O=C1NN=C(C2CC2)/C1=C/c1ccc(-c2ccccc2)[nH]1. The second-order valence-electron chi connectivity index (χ2n) is 5.46. The van der Waals surface area contributed by atoms with Gasteiger partial charge in [0.1, 0.15) is 0 Å². The molecule has 0 spiro atoms. The molecule has 1 fully saturated rings. The van der Waals surface area contributed by atoms with Gasteiger partial charge in [-0.1, -0.05) is 30.3 Å². The highest BCUT2D eigenvalue weighted by atomic mass is 16.2. The van der Waals surface area contributed by atoms with E-state index >= 15 is 0 Å². The molecule has 0 saturated heterocycles. The van der Waals surface area contributed by atoms with Crippen LogP contribution < -0.4 is 5.43 Å². The predicted octanol–water partition coefficient (Wildman–Crippen LogP) is 2.96. The van der Waals surface area contributed by atoms with Crippen molar-refractivity contribution in [1.82, 2.24) is 10.4 Å². The summed E-state index contributed by atoms with van der Waals surface area (Å²) in [5, 5.41) is 4.16. The summed E-state index contributed by atoms with van der Waals surface area (Å²) in [7, 11) is 0. The first-order valence-corrected chi connectivity index (χ1v) is 7.16. The predicted molar refractivity (Wildman–Crippen MR) is 82.5 cm³/mol. The quantitative estimate of drug-likeness (QED) is 0.833. The number of nitrogens with zero attached hydrogens (tertiary/aromatic N) is 1. The van der Waals surface area contributed by atoms with Gasteiger partial charge in [-0.3, -0.25) is 4.79 Å². The van der Waals surface area contributed by atoms with E-state index in [0.717, 1.165) is 35.5 Å². The molecule has 1 aromatic carbocycles. The average molecular weight is 277 g/mol. The molecule has 4 rings (SSSR count). The fourth-order valence-corrected chi connectivity index (χ4v) is 2.59. The Kier molecular flexibility index (Phi) is 2.74. The monoisotopic (exact) mass is 277 g/mol. The number of H-pyrrole nitrogens is 1. The van der Waals surface area contributed by atoms with E-state index in [2.05, 4.69) is 27.6 Å². The van der Waals surface area contributed by atoms with E-state index in [1.54, 1.807) is 0 Å². The smallest absolute Gasteiger partial charge is 0.273 e. The maximum Gasteiger partial charge on any atom is 0.273 e. The molecule has 1 aliphatic heterocycles. The molecule has 21 heavy (non-hydrogen) atoms. The van der Waals surface area contributed by atoms with Crippen LogP contribution in [0.15, 0.2) is 53.1 Å². The van der Waals surface area contributed by atoms with Gasteiger partial charge >= 0.3 is 0 Å². The van der Waals surface area contributed by atoms with E-state index in [0.29, 0.717) is 11.5 Å². The largest absolute Gasteiger partial charge is 0.355 e. The fraction of sp³-hybridized carbons (Fsp3) is 0.176. The minimum atomic E-state index is -0.104. The van der Waals surface area contributed by atoms with Gasteiger partial charge in [0, 0.05) is 17.3 Å². The van der Waals surface area contributed by atoms with Crippen molar-refractivity contribution in [2.75, 3.05) is 0 Å². The highest BCUT2D eigenvalue weighted by Gasteiger charge is 2.35. The number of aromatic amines is 1. The lowest BCUT2D eigenvalue weighted by atomic mass is 10.1. The van der Waals surface area contributed by atoms with E-state index in [1.165, 1.54) is 0 Å². The van der Waals surface area contributed by atoms with E-state index in [1.807, 2.05) is 36.4 Å². The van der Waals surface area contributed by atoms with E-state index in [4.69, 9.17) is 0 Å². The Hall–Kier alpha value is -2.62. The van der Waals surface area contributed by atoms with Crippen LogP contribution in [0.3, 0.4) is 0 Å². The Bertz CT molecular complexity index is 751. The summed E-state index contributed by atoms with van der Waals surface area (Å²) < 4.78 is 0. The van der Waals surface area contributed by atoms with Gasteiger partial charge in [0.05, 0.1) is 11.3 Å². The molecule has 0 bridgehead atoms. The maximum absolute atomic E-state index is 11.9. The lowest BCUT2D eigenvalue weighted by molar-refractivity contribution is -0.116. The number of hydrogen-bond acceptors (Lipinski definition) is 2. The van der Waals surface area contributed by atoms with Crippen molar-refractivity contribution in [2.45, 2.75) is 12.8 Å². The van der Waals surface area contributed by atoms with Crippen LogP contribution in [-0.2, 0) is 4.79 Å². The molecule has 4 heteroatoms. The molecular formula is C17H15N3O. The summed E-state index contributed by atoms with van der Waals surface area (Å²) in [6.45, 7) is 0. The van der Waals surface area contributed by atoms with E-state index in [9.17, 15) is 4.79 Å². The van der Waals surface area contributed by atoms with E-state index < -0.39 is 0 Å². The minimum Gasteiger partial charge on any atom is -0.355 e. The van der Waals surface area contributed by atoms with Crippen LogP contribution in [0, 0.1) is 5.92 Å². The molecular weight excluding hydrogens is 262 g/mol. The molecule has 2 N–H and O–H groups in total. The van der Waals surface area contributed by atoms with Gasteiger partial charge in [0.2, 0.25) is 0 Å². The summed E-state index contributed by atoms with van der Waals surface area (Å²) >= 11 is 0. The number of hydrazone groups is 1. The number of carbonyl (C=O) groups is 1. The third-order valence-electron chi connectivity index (χ3n) is 3.86. The standard InChI is InChI=1S/C17H15N3O/c21-17-14(16(19-20-17)12-6-7-12)10-13-8-9-15(18-13)11-4-2-1-3-5-11/h1-5,8-10,12,18H,6-7H2,(H,20,21)/b14-10-. The van der Waals surface area contributed by atoms with Crippen LogP contribution >= 0.6 is 0 Å². The van der Waals surface area contributed by atoms with Gasteiger partial charge in [0.15, 0.2) is 0 Å². The molecule has 1 amide bonds. The number of rotatable bonds is 3. The summed E-state index contributed by atoms with van der Waals surface area (Å²) in [6, 6.07) is 14.2. The molecule has 104 valence electrons. The van der Waals surface area contributed by atoms with Gasteiger partial charge in [-0.25, -0.2) is 5.43 Å². The number of amides is 1. The molecule has 1 saturated carbocycles. The molecule has 0 radical (unpaired) electrons. The second kappa shape index (κ2) is 4.74. The number of aromatic nitrogens is 1. The van der Waals surface area contributed by atoms with Gasteiger partial charge < -0.3 is 4.98 Å². The normalized spacial score (nSPS) is 19.7. The molecule has 1 aromatic heterocycles. The second-order valence-corrected chi connectivity index (χ2v) is 5.46. The number of carbonyl (C=O) groups excluding carboxylic acids is 1. The van der Waals surface area contributed by atoms with Crippen LogP contribution in [-0.4, -0.2) is 16.6 Å². The molecule has 4 nitrogen and oxygen atoms in total. The van der Waals surface area contributed by atoms with Crippen LogP contribution in [0.2, 0.25) is 0 Å². The number of benzene rings is 1. The summed E-state index contributed by atoms with van der Waals surface area (Å²) in [5.41, 5.74) is 7.28. The lowest BCUT2D eigenvalue weighted by Crippen LogP contribution is -2.13. The average Bonchev–Trinajstić information content (AvgIpc) is 3.14. The molecule has 2 aliphatic rings. The Morgan fingerprint density at radius 1 is 1.10 bits per heavy atom. The van der Waals surface area contributed by atoms with Crippen molar-refractivity contribution < 1.29 is 4.79 Å². The van der Waals surface area contributed by atoms with Crippen molar-refractivity contribution >= 4 is 17.7 Å². The summed E-state index contributed by atoms with van der Waals surface area (Å²) in [5.74, 6) is 0.353. The van der Waals surface area contributed by atoms with Crippen LogP contribution in [0.25, 0.3) is 17.3 Å². The Labute approximate surface area is 122 Å². The third-order valence-corrected chi connectivity index (χ3v) is 3.86. The third kappa shape index (κ3) is 2.29. The van der Waals surface area contributed by atoms with Gasteiger partial charge in [-0.05, 0) is 36.6 Å². The van der Waals surface area contributed by atoms with Gasteiger partial charge in [-0.2, -0.15) is 5.10 Å².